The highest BCUT2D eigenvalue weighted by Crippen LogP contribution is 2.27. The number of benzene rings is 2. The van der Waals surface area contributed by atoms with E-state index in [-0.39, 0.29) is 0 Å². The maximum absolute atomic E-state index is 13.8. The number of hydrogen-bond acceptors (Lipinski definition) is 4. The van der Waals surface area contributed by atoms with E-state index in [1.807, 2.05) is 29.6 Å². The maximum atomic E-state index is 13.8. The van der Waals surface area contributed by atoms with E-state index in [1.165, 1.54) is 23.6 Å². The fourth-order valence-electron chi connectivity index (χ4n) is 2.05. The lowest BCUT2D eigenvalue weighted by Gasteiger charge is -2.03. The smallest absolute Gasteiger partial charge is 0.147 e. The summed E-state index contributed by atoms with van der Waals surface area (Å²) in [5.41, 5.74) is 2.40. The van der Waals surface area contributed by atoms with Gasteiger partial charge in [-0.05, 0) is 30.3 Å². The number of nitrogens with zero attached hydrogens (tertiary/aromatic N) is 2. The Kier molecular flexibility index (Phi) is 5.63. The van der Waals surface area contributed by atoms with Crippen molar-refractivity contribution < 1.29 is 4.39 Å². The molecule has 3 rings (SSSR count). The highest BCUT2D eigenvalue weighted by molar-refractivity contribution is 9.10. The number of nitrogens with one attached hydrogen (secondary N) is 1. The number of hydrogen-bond donors (Lipinski definition) is 1. The van der Waals surface area contributed by atoms with Gasteiger partial charge >= 0.3 is 0 Å². The number of allylic oxidation sites excluding steroid dienone is 1. The first-order chi connectivity index (χ1) is 12.1. The molecule has 0 aliphatic carbocycles. The van der Waals surface area contributed by atoms with Crippen LogP contribution in [0.3, 0.4) is 0 Å². The standard InChI is InChI=1S/C18H10Br2FN3S/c19-13-3-1-11(2-4-13)17-10-25-18(24-17)12(8-22)9-23-16-6-5-14(20)7-15(16)21/h1-7,9-10,23H. The van der Waals surface area contributed by atoms with Gasteiger partial charge in [-0.1, -0.05) is 44.0 Å². The van der Waals surface area contributed by atoms with Gasteiger partial charge in [0.2, 0.25) is 0 Å². The van der Waals surface area contributed by atoms with Crippen LogP contribution in [0.5, 0.6) is 0 Å². The average molecular weight is 479 g/mol. The SMILES string of the molecule is N#CC(=CNc1ccc(Br)cc1F)c1nc(-c2ccc(Br)cc2)cs1. The monoisotopic (exact) mass is 477 g/mol. The summed E-state index contributed by atoms with van der Waals surface area (Å²) >= 11 is 7.98. The molecule has 0 bridgehead atoms. The predicted molar refractivity (Wildman–Crippen MR) is 107 cm³/mol. The molecule has 3 nitrogen and oxygen atoms in total. The van der Waals surface area contributed by atoms with Gasteiger partial charge in [-0.2, -0.15) is 5.26 Å². The van der Waals surface area contributed by atoms with Crippen LogP contribution in [0.2, 0.25) is 0 Å². The maximum Gasteiger partial charge on any atom is 0.147 e. The summed E-state index contributed by atoms with van der Waals surface area (Å²) in [4.78, 5) is 4.50. The molecule has 1 aromatic heterocycles. The molecule has 0 spiro atoms. The Labute approximate surface area is 165 Å². The second kappa shape index (κ2) is 7.91. The van der Waals surface area contributed by atoms with Crippen molar-refractivity contribution in [2.45, 2.75) is 0 Å². The lowest BCUT2D eigenvalue weighted by molar-refractivity contribution is 0.631. The van der Waals surface area contributed by atoms with Crippen molar-refractivity contribution >= 4 is 54.5 Å². The fourth-order valence-corrected chi connectivity index (χ4v) is 3.44. The molecule has 0 saturated carbocycles. The molecule has 124 valence electrons. The molecule has 0 unspecified atom stereocenters. The van der Waals surface area contributed by atoms with Crippen molar-refractivity contribution in [3.05, 3.63) is 73.8 Å². The first kappa shape index (κ1) is 17.8. The van der Waals surface area contributed by atoms with Gasteiger partial charge in [-0.25, -0.2) is 9.37 Å². The Hall–Kier alpha value is -2.01. The summed E-state index contributed by atoms with van der Waals surface area (Å²) in [5, 5.41) is 14.7. The highest BCUT2D eigenvalue weighted by atomic mass is 79.9. The zero-order valence-electron chi connectivity index (χ0n) is 12.6. The van der Waals surface area contributed by atoms with E-state index in [0.717, 1.165) is 15.7 Å². The van der Waals surface area contributed by atoms with Crippen LogP contribution in [0.1, 0.15) is 5.01 Å². The van der Waals surface area contributed by atoms with Gasteiger partial charge in [0.25, 0.3) is 0 Å². The molecule has 0 radical (unpaired) electrons. The largest absolute Gasteiger partial charge is 0.358 e. The average Bonchev–Trinajstić information content (AvgIpc) is 3.07. The van der Waals surface area contributed by atoms with E-state index in [4.69, 9.17) is 0 Å². The van der Waals surface area contributed by atoms with E-state index in [2.05, 4.69) is 48.2 Å². The summed E-state index contributed by atoms with van der Waals surface area (Å²) < 4.78 is 15.5. The molecule has 3 aromatic rings. The number of halogens is 3. The van der Waals surface area contributed by atoms with Crippen molar-refractivity contribution in [1.82, 2.24) is 4.98 Å². The first-order valence-corrected chi connectivity index (χ1v) is 9.57. The zero-order valence-corrected chi connectivity index (χ0v) is 16.6. The quantitative estimate of drug-likeness (QED) is 0.438. The molecule has 1 N–H and O–H groups in total. The minimum Gasteiger partial charge on any atom is -0.358 e. The van der Waals surface area contributed by atoms with Crippen molar-refractivity contribution in [2.75, 3.05) is 5.32 Å². The van der Waals surface area contributed by atoms with Gasteiger partial charge in [0.1, 0.15) is 22.5 Å². The van der Waals surface area contributed by atoms with Gasteiger partial charge in [0.15, 0.2) is 0 Å². The lowest BCUT2D eigenvalue weighted by atomic mass is 10.2. The Morgan fingerprint density at radius 2 is 1.88 bits per heavy atom. The molecular weight excluding hydrogens is 469 g/mol. The van der Waals surface area contributed by atoms with Crippen LogP contribution >= 0.6 is 43.2 Å². The van der Waals surface area contributed by atoms with Crippen LogP contribution in [0.15, 0.2) is 63.0 Å². The van der Waals surface area contributed by atoms with Crippen molar-refractivity contribution in [1.29, 1.82) is 5.26 Å². The summed E-state index contributed by atoms with van der Waals surface area (Å²) in [6.07, 6.45) is 1.47. The van der Waals surface area contributed by atoms with Crippen LogP contribution in [0, 0.1) is 17.1 Å². The van der Waals surface area contributed by atoms with Crippen molar-refractivity contribution in [2.24, 2.45) is 0 Å². The third kappa shape index (κ3) is 4.34. The topological polar surface area (TPSA) is 48.7 Å². The molecule has 2 aromatic carbocycles. The number of rotatable bonds is 4. The summed E-state index contributed by atoms with van der Waals surface area (Å²) in [6.45, 7) is 0. The van der Waals surface area contributed by atoms with Gasteiger partial charge in [0.05, 0.1) is 11.4 Å². The van der Waals surface area contributed by atoms with E-state index in [0.29, 0.717) is 20.7 Å². The molecule has 1 heterocycles. The van der Waals surface area contributed by atoms with Crippen LogP contribution in [-0.2, 0) is 0 Å². The molecule has 0 atom stereocenters. The lowest BCUT2D eigenvalue weighted by Crippen LogP contribution is -1.94. The summed E-state index contributed by atoms with van der Waals surface area (Å²) in [7, 11) is 0. The van der Waals surface area contributed by atoms with E-state index < -0.39 is 5.82 Å². The van der Waals surface area contributed by atoms with Crippen LogP contribution in [0.4, 0.5) is 10.1 Å². The summed E-state index contributed by atoms with van der Waals surface area (Å²) in [5.74, 6) is -0.405. The number of thiazole rings is 1. The Bertz CT molecular complexity index is 975. The second-order valence-corrected chi connectivity index (χ2v) is 7.67. The molecule has 0 amide bonds. The summed E-state index contributed by atoms with van der Waals surface area (Å²) in [6, 6.07) is 14.6. The van der Waals surface area contributed by atoms with E-state index in [9.17, 15) is 9.65 Å². The molecule has 25 heavy (non-hydrogen) atoms. The second-order valence-electron chi connectivity index (χ2n) is 4.98. The van der Waals surface area contributed by atoms with Gasteiger partial charge in [0, 0.05) is 26.1 Å². The normalized spacial score (nSPS) is 11.2. The van der Waals surface area contributed by atoms with Crippen LogP contribution in [0.25, 0.3) is 16.8 Å². The third-order valence-corrected chi connectivity index (χ3v) is 5.20. The third-order valence-electron chi connectivity index (χ3n) is 3.30. The number of nitriles is 1. The first-order valence-electron chi connectivity index (χ1n) is 7.10. The van der Waals surface area contributed by atoms with Crippen molar-refractivity contribution in [3.63, 3.8) is 0 Å². The minimum absolute atomic E-state index is 0.292. The van der Waals surface area contributed by atoms with E-state index in [1.54, 1.807) is 12.1 Å². The molecule has 0 aliphatic heterocycles. The number of anilines is 1. The zero-order chi connectivity index (χ0) is 17.8. The van der Waals surface area contributed by atoms with Gasteiger partial charge in [-0.15, -0.1) is 11.3 Å². The molecular formula is C18H10Br2FN3S. The Morgan fingerprint density at radius 3 is 2.56 bits per heavy atom. The van der Waals surface area contributed by atoms with Crippen LogP contribution < -0.4 is 5.32 Å². The molecule has 0 fully saturated rings. The van der Waals surface area contributed by atoms with Gasteiger partial charge in [-0.3, -0.25) is 0 Å². The molecule has 0 saturated heterocycles. The highest BCUT2D eigenvalue weighted by Gasteiger charge is 2.09. The molecule has 7 heteroatoms. The Morgan fingerprint density at radius 1 is 1.16 bits per heavy atom. The van der Waals surface area contributed by atoms with Gasteiger partial charge < -0.3 is 5.32 Å². The van der Waals surface area contributed by atoms with Crippen LogP contribution in [-0.4, -0.2) is 4.98 Å². The van der Waals surface area contributed by atoms with Crippen molar-refractivity contribution in [3.8, 4) is 17.3 Å². The predicted octanol–water partition coefficient (Wildman–Crippen LogP) is 6.45. The number of aromatic nitrogens is 1. The fraction of sp³-hybridized carbons (Fsp3) is 0. The van der Waals surface area contributed by atoms with E-state index >= 15 is 0 Å². The Balaban J connectivity index is 1.84. The minimum atomic E-state index is -0.405. The molecule has 0 aliphatic rings.